The highest BCUT2D eigenvalue weighted by Crippen LogP contribution is 2.04. The molecule has 0 unspecified atom stereocenters. The van der Waals surface area contributed by atoms with Crippen molar-refractivity contribution in [2.24, 2.45) is 10.2 Å². The minimum Gasteiger partial charge on any atom is -0.287 e. The van der Waals surface area contributed by atoms with E-state index in [2.05, 4.69) is 21.1 Å². The van der Waals surface area contributed by atoms with Gasteiger partial charge in [0.05, 0.1) is 11.4 Å². The quantitative estimate of drug-likeness (QED) is 0.707. The second-order valence-electron chi connectivity index (χ2n) is 4.94. The summed E-state index contributed by atoms with van der Waals surface area (Å²) in [5.41, 5.74) is 5.92. The summed E-state index contributed by atoms with van der Waals surface area (Å²) in [5, 5.41) is 7.89. The first-order valence-corrected chi connectivity index (χ1v) is 7.28. The number of para-hydroxylation sites is 2. The maximum Gasteiger partial charge on any atom is 0.237 e. The molecular formula is C18H14N4O2. The van der Waals surface area contributed by atoms with Crippen LogP contribution in [0.25, 0.3) is 0 Å². The largest absolute Gasteiger partial charge is 0.287 e. The van der Waals surface area contributed by atoms with Crippen molar-refractivity contribution in [1.82, 2.24) is 0 Å². The van der Waals surface area contributed by atoms with E-state index in [-0.39, 0.29) is 10.7 Å². The predicted octanol–water partition coefficient (Wildman–Crippen LogP) is 1.14. The lowest BCUT2D eigenvalue weighted by Crippen LogP contribution is -2.47. The number of nitrogens with zero attached hydrogens (tertiary/aromatic N) is 2. The van der Waals surface area contributed by atoms with E-state index in [1.54, 1.807) is 12.1 Å². The van der Waals surface area contributed by atoms with Crippen molar-refractivity contribution >= 4 is 11.4 Å². The highest BCUT2D eigenvalue weighted by molar-refractivity contribution is 5.42. The SMILES string of the molecule is O=c1cc/c(=N/Nc2ccccc2)c(=O)/c1=N\Nc1ccccc1. The van der Waals surface area contributed by atoms with Crippen molar-refractivity contribution in [2.45, 2.75) is 0 Å². The molecule has 6 nitrogen and oxygen atoms in total. The van der Waals surface area contributed by atoms with Crippen LogP contribution in [0.4, 0.5) is 11.4 Å². The summed E-state index contributed by atoms with van der Waals surface area (Å²) in [6, 6.07) is 20.9. The number of hydrogen-bond acceptors (Lipinski definition) is 6. The third-order valence-electron chi connectivity index (χ3n) is 3.22. The normalized spacial score (nSPS) is 12.2. The molecule has 0 aromatic heterocycles. The van der Waals surface area contributed by atoms with E-state index in [9.17, 15) is 9.59 Å². The highest BCUT2D eigenvalue weighted by atomic mass is 16.1. The molecule has 0 radical (unpaired) electrons. The average Bonchev–Trinajstić information content (AvgIpc) is 2.63. The van der Waals surface area contributed by atoms with Crippen LogP contribution in [0.5, 0.6) is 0 Å². The Morgan fingerprint density at radius 2 is 1.17 bits per heavy atom. The van der Waals surface area contributed by atoms with Gasteiger partial charge in [-0.3, -0.25) is 20.4 Å². The minimum atomic E-state index is -0.533. The maximum absolute atomic E-state index is 12.4. The Balaban J connectivity index is 1.96. The fourth-order valence-corrected chi connectivity index (χ4v) is 2.01. The third kappa shape index (κ3) is 3.61. The maximum atomic E-state index is 12.4. The Morgan fingerprint density at radius 1 is 0.625 bits per heavy atom. The van der Waals surface area contributed by atoms with Gasteiger partial charge in [-0.05, 0) is 36.4 Å². The van der Waals surface area contributed by atoms with Gasteiger partial charge in [0.15, 0.2) is 5.36 Å². The zero-order valence-electron chi connectivity index (χ0n) is 12.6. The molecule has 3 aromatic carbocycles. The topological polar surface area (TPSA) is 82.9 Å². The molecule has 0 heterocycles. The van der Waals surface area contributed by atoms with Crippen molar-refractivity contribution < 1.29 is 0 Å². The molecule has 0 atom stereocenters. The number of anilines is 2. The molecule has 3 rings (SSSR count). The molecule has 0 saturated carbocycles. The Kier molecular flexibility index (Phi) is 4.57. The second-order valence-corrected chi connectivity index (χ2v) is 4.94. The molecule has 24 heavy (non-hydrogen) atoms. The lowest BCUT2D eigenvalue weighted by molar-refractivity contribution is 1.11. The Morgan fingerprint density at radius 3 is 1.75 bits per heavy atom. The Bertz CT molecular complexity index is 1040. The zero-order chi connectivity index (χ0) is 16.8. The van der Waals surface area contributed by atoms with E-state index in [1.807, 2.05) is 48.5 Å². The van der Waals surface area contributed by atoms with Crippen molar-refractivity contribution in [2.75, 3.05) is 10.9 Å². The highest BCUT2D eigenvalue weighted by Gasteiger charge is 2.01. The van der Waals surface area contributed by atoms with Gasteiger partial charge in [-0.1, -0.05) is 36.4 Å². The molecule has 0 amide bonds. The Hall–Kier alpha value is -3.54. The number of nitrogens with one attached hydrogen (secondary N) is 2. The molecule has 0 saturated heterocycles. The lowest BCUT2D eigenvalue weighted by atomic mass is 10.3. The van der Waals surface area contributed by atoms with Crippen molar-refractivity contribution in [3.05, 3.63) is 104 Å². The summed E-state index contributed by atoms with van der Waals surface area (Å²) in [6.07, 6.45) is 0. The molecule has 3 aromatic rings. The number of rotatable bonds is 4. The molecule has 0 aliphatic carbocycles. The van der Waals surface area contributed by atoms with Gasteiger partial charge in [0.1, 0.15) is 5.36 Å². The van der Waals surface area contributed by atoms with Crippen LogP contribution in [0, 0.1) is 0 Å². The molecule has 0 aliphatic rings. The van der Waals surface area contributed by atoms with E-state index >= 15 is 0 Å². The smallest absolute Gasteiger partial charge is 0.237 e. The molecule has 6 heteroatoms. The van der Waals surface area contributed by atoms with Gasteiger partial charge < -0.3 is 0 Å². The standard InChI is InChI=1S/C18H14N4O2/c23-16-12-11-15(21-19-13-7-3-1-4-8-13)18(24)17(16)22-20-14-9-5-2-6-10-14/h1-12,19-20H/b21-15-,22-17-. The van der Waals surface area contributed by atoms with Crippen LogP contribution >= 0.6 is 0 Å². The van der Waals surface area contributed by atoms with Crippen LogP contribution in [-0.2, 0) is 0 Å². The molecule has 0 spiro atoms. The van der Waals surface area contributed by atoms with Crippen molar-refractivity contribution in [1.29, 1.82) is 0 Å². The van der Waals surface area contributed by atoms with Crippen LogP contribution in [-0.4, -0.2) is 0 Å². The summed E-state index contributed by atoms with van der Waals surface area (Å²) >= 11 is 0. The van der Waals surface area contributed by atoms with Crippen LogP contribution in [0.15, 0.2) is 92.6 Å². The molecule has 0 bridgehead atoms. The first-order valence-electron chi connectivity index (χ1n) is 7.28. The van der Waals surface area contributed by atoms with Crippen LogP contribution in [0.1, 0.15) is 0 Å². The fourth-order valence-electron chi connectivity index (χ4n) is 2.01. The van der Waals surface area contributed by atoms with Crippen LogP contribution < -0.4 is 32.4 Å². The van der Waals surface area contributed by atoms with E-state index < -0.39 is 10.9 Å². The van der Waals surface area contributed by atoms with Gasteiger partial charge in [-0.15, -0.1) is 0 Å². The predicted molar refractivity (Wildman–Crippen MR) is 92.6 cm³/mol. The summed E-state index contributed by atoms with van der Waals surface area (Å²) < 4.78 is 0. The van der Waals surface area contributed by atoms with Crippen molar-refractivity contribution in [3.63, 3.8) is 0 Å². The summed E-state index contributed by atoms with van der Waals surface area (Å²) in [7, 11) is 0. The first-order chi connectivity index (χ1) is 11.7. The van der Waals surface area contributed by atoms with Gasteiger partial charge in [-0.25, -0.2) is 0 Å². The Labute approximate surface area is 137 Å². The van der Waals surface area contributed by atoms with E-state index in [0.29, 0.717) is 5.69 Å². The monoisotopic (exact) mass is 318 g/mol. The van der Waals surface area contributed by atoms with Gasteiger partial charge in [0, 0.05) is 0 Å². The van der Waals surface area contributed by atoms with Crippen LogP contribution in [0.2, 0.25) is 0 Å². The molecule has 118 valence electrons. The number of hydrogen-bond donors (Lipinski definition) is 2. The number of benzene rings is 3. The lowest BCUT2D eigenvalue weighted by Gasteiger charge is -1.98. The molecular weight excluding hydrogens is 304 g/mol. The minimum absolute atomic E-state index is 0.118. The molecule has 0 aliphatic heterocycles. The summed E-state index contributed by atoms with van der Waals surface area (Å²) in [4.78, 5) is 24.3. The summed E-state index contributed by atoms with van der Waals surface area (Å²) in [5.74, 6) is 0. The third-order valence-corrected chi connectivity index (χ3v) is 3.22. The van der Waals surface area contributed by atoms with E-state index in [0.717, 1.165) is 5.69 Å². The summed E-state index contributed by atoms with van der Waals surface area (Å²) in [6.45, 7) is 0. The van der Waals surface area contributed by atoms with Gasteiger partial charge in [0.25, 0.3) is 0 Å². The van der Waals surface area contributed by atoms with E-state index in [1.165, 1.54) is 12.1 Å². The average molecular weight is 318 g/mol. The van der Waals surface area contributed by atoms with Gasteiger partial charge in [-0.2, -0.15) is 10.2 Å². The fraction of sp³-hybridized carbons (Fsp3) is 0. The molecule has 2 N–H and O–H groups in total. The van der Waals surface area contributed by atoms with Crippen LogP contribution in [0.3, 0.4) is 0 Å². The zero-order valence-corrected chi connectivity index (χ0v) is 12.6. The first kappa shape index (κ1) is 15.4. The van der Waals surface area contributed by atoms with Gasteiger partial charge in [0.2, 0.25) is 10.9 Å². The van der Waals surface area contributed by atoms with Crippen molar-refractivity contribution in [3.8, 4) is 0 Å². The van der Waals surface area contributed by atoms with Gasteiger partial charge >= 0.3 is 0 Å². The van der Waals surface area contributed by atoms with E-state index in [4.69, 9.17) is 0 Å². The second kappa shape index (κ2) is 7.15. The molecule has 0 fully saturated rings.